The number of furan rings is 1. The highest BCUT2D eigenvalue weighted by Gasteiger charge is 2.24. The number of carbonyl (C=O) groups excluding carboxylic acids is 1. The molecule has 3 rings (SSSR count). The van der Waals surface area contributed by atoms with Crippen LogP contribution in [0.4, 0.5) is 23.0 Å². The second-order valence-corrected chi connectivity index (χ2v) is 5.68. The van der Waals surface area contributed by atoms with Crippen LogP contribution < -0.4 is 16.2 Å². The van der Waals surface area contributed by atoms with Crippen molar-refractivity contribution in [3.63, 3.8) is 0 Å². The summed E-state index contributed by atoms with van der Waals surface area (Å²) < 4.78 is 4.96. The van der Waals surface area contributed by atoms with E-state index in [-0.39, 0.29) is 17.4 Å². The Bertz CT molecular complexity index is 987. The Morgan fingerprint density at radius 3 is 2.63 bits per heavy atom. The van der Waals surface area contributed by atoms with Gasteiger partial charge in [-0.2, -0.15) is 0 Å². The Kier molecular flexibility index (Phi) is 4.97. The Balaban J connectivity index is 1.86. The lowest BCUT2D eigenvalue weighted by Gasteiger charge is -2.12. The number of aromatic nitrogens is 2. The number of nitrogens with zero attached hydrogens (tertiary/aromatic N) is 3. The van der Waals surface area contributed by atoms with Gasteiger partial charge in [-0.3, -0.25) is 25.8 Å². The molecule has 0 aliphatic rings. The summed E-state index contributed by atoms with van der Waals surface area (Å²) in [7, 11) is 0. The number of hydrazine groups is 1. The van der Waals surface area contributed by atoms with Gasteiger partial charge in [0.15, 0.2) is 5.76 Å². The molecule has 2 heterocycles. The molecule has 1 aromatic carbocycles. The Labute approximate surface area is 153 Å². The van der Waals surface area contributed by atoms with E-state index >= 15 is 0 Å². The van der Waals surface area contributed by atoms with Crippen molar-refractivity contribution in [1.29, 1.82) is 0 Å². The Morgan fingerprint density at radius 1 is 1.19 bits per heavy atom. The summed E-state index contributed by atoms with van der Waals surface area (Å²) >= 11 is 0. The minimum Gasteiger partial charge on any atom is -0.459 e. The molecular formula is C17H16N6O4. The van der Waals surface area contributed by atoms with Gasteiger partial charge in [0.2, 0.25) is 11.6 Å². The highest BCUT2D eigenvalue weighted by Crippen LogP contribution is 2.31. The molecule has 10 heteroatoms. The summed E-state index contributed by atoms with van der Waals surface area (Å²) in [5, 5.41) is 14.5. The first-order valence-corrected chi connectivity index (χ1v) is 7.89. The average molecular weight is 368 g/mol. The third kappa shape index (κ3) is 4.00. The summed E-state index contributed by atoms with van der Waals surface area (Å²) in [4.78, 5) is 30.6. The maximum atomic E-state index is 11.9. The van der Waals surface area contributed by atoms with Gasteiger partial charge in [-0.15, -0.1) is 0 Å². The van der Waals surface area contributed by atoms with E-state index in [2.05, 4.69) is 26.1 Å². The molecule has 0 unspecified atom stereocenters. The molecule has 2 aromatic heterocycles. The van der Waals surface area contributed by atoms with E-state index in [1.807, 2.05) is 32.0 Å². The first kappa shape index (κ1) is 17.9. The number of hydrogen-bond acceptors (Lipinski definition) is 8. The predicted octanol–water partition coefficient (Wildman–Crippen LogP) is 3.10. The normalized spacial score (nSPS) is 10.3. The van der Waals surface area contributed by atoms with Gasteiger partial charge in [0.1, 0.15) is 6.33 Å². The lowest BCUT2D eigenvalue weighted by atomic mass is 10.1. The number of hydrogen-bond donors (Lipinski definition) is 3. The number of rotatable bonds is 6. The molecule has 0 saturated heterocycles. The fraction of sp³-hybridized carbons (Fsp3) is 0.118. The van der Waals surface area contributed by atoms with E-state index in [0.717, 1.165) is 17.5 Å². The van der Waals surface area contributed by atoms with Gasteiger partial charge in [0.05, 0.1) is 11.2 Å². The first-order chi connectivity index (χ1) is 13.0. The number of nitro groups is 1. The van der Waals surface area contributed by atoms with E-state index in [1.165, 1.54) is 12.3 Å². The number of nitrogens with one attached hydrogen (secondary N) is 3. The van der Waals surface area contributed by atoms with Crippen molar-refractivity contribution in [2.24, 2.45) is 0 Å². The Morgan fingerprint density at radius 2 is 1.96 bits per heavy atom. The van der Waals surface area contributed by atoms with Crippen molar-refractivity contribution in [1.82, 2.24) is 15.4 Å². The molecule has 3 aromatic rings. The molecule has 138 valence electrons. The third-order valence-corrected chi connectivity index (χ3v) is 3.68. The summed E-state index contributed by atoms with van der Waals surface area (Å²) in [5.74, 6) is -0.719. The SMILES string of the molecule is Cc1ccc(Nc2ncnc(NNC(=O)c3ccco3)c2[N+](=O)[O-])c(C)c1. The van der Waals surface area contributed by atoms with E-state index in [4.69, 9.17) is 4.42 Å². The monoisotopic (exact) mass is 368 g/mol. The van der Waals surface area contributed by atoms with Crippen molar-refractivity contribution in [2.45, 2.75) is 13.8 Å². The maximum Gasteiger partial charge on any atom is 0.355 e. The van der Waals surface area contributed by atoms with Crippen molar-refractivity contribution >= 4 is 28.9 Å². The molecule has 0 aliphatic carbocycles. The lowest BCUT2D eigenvalue weighted by Crippen LogP contribution is -2.30. The summed E-state index contributed by atoms with van der Waals surface area (Å²) in [5.41, 5.74) is 6.98. The van der Waals surface area contributed by atoms with Crippen LogP contribution in [0, 0.1) is 24.0 Å². The zero-order valence-electron chi connectivity index (χ0n) is 14.5. The molecule has 0 bridgehead atoms. The van der Waals surface area contributed by atoms with Crippen LogP contribution in [0.1, 0.15) is 21.7 Å². The van der Waals surface area contributed by atoms with Crippen LogP contribution in [0.3, 0.4) is 0 Å². The molecule has 0 fully saturated rings. The van der Waals surface area contributed by atoms with Crippen LogP contribution in [0.5, 0.6) is 0 Å². The first-order valence-electron chi connectivity index (χ1n) is 7.89. The summed E-state index contributed by atoms with van der Waals surface area (Å²) in [6, 6.07) is 8.64. The molecule has 0 aliphatic heterocycles. The molecule has 0 saturated carbocycles. The minimum atomic E-state index is -0.632. The standard InChI is InChI=1S/C17H16N6O4/c1-10-5-6-12(11(2)8-10)20-15-14(23(25)26)16(19-9-18-15)21-22-17(24)13-4-3-7-27-13/h3-9H,1-2H3,(H,22,24)(H2,18,19,20,21). The summed E-state index contributed by atoms with van der Waals surface area (Å²) in [6.07, 6.45) is 2.49. The Hall–Kier alpha value is -3.95. The zero-order valence-corrected chi connectivity index (χ0v) is 14.5. The van der Waals surface area contributed by atoms with Crippen molar-refractivity contribution in [3.8, 4) is 0 Å². The molecule has 0 radical (unpaired) electrons. The molecule has 1 amide bonds. The van der Waals surface area contributed by atoms with Gasteiger partial charge in [0.25, 0.3) is 0 Å². The quantitative estimate of drug-likeness (QED) is 0.446. The highest BCUT2D eigenvalue weighted by molar-refractivity contribution is 5.92. The van der Waals surface area contributed by atoms with E-state index in [9.17, 15) is 14.9 Å². The van der Waals surface area contributed by atoms with E-state index < -0.39 is 16.5 Å². The molecule has 27 heavy (non-hydrogen) atoms. The van der Waals surface area contributed by atoms with Crippen LogP contribution in [0.25, 0.3) is 0 Å². The zero-order chi connectivity index (χ0) is 19.4. The number of aryl methyl sites for hydroxylation is 2. The van der Waals surface area contributed by atoms with Crippen LogP contribution >= 0.6 is 0 Å². The number of carbonyl (C=O) groups is 1. The third-order valence-electron chi connectivity index (χ3n) is 3.68. The minimum absolute atomic E-state index is 0.00305. The number of benzene rings is 1. The maximum absolute atomic E-state index is 11.9. The van der Waals surface area contributed by atoms with Crippen LogP contribution in [-0.4, -0.2) is 20.8 Å². The van der Waals surface area contributed by atoms with E-state index in [1.54, 1.807) is 6.07 Å². The smallest absolute Gasteiger partial charge is 0.355 e. The van der Waals surface area contributed by atoms with Gasteiger partial charge in [-0.1, -0.05) is 17.7 Å². The van der Waals surface area contributed by atoms with E-state index in [0.29, 0.717) is 5.69 Å². The molecular weight excluding hydrogens is 352 g/mol. The largest absolute Gasteiger partial charge is 0.459 e. The second kappa shape index (κ2) is 7.52. The molecule has 0 atom stereocenters. The molecule has 0 spiro atoms. The lowest BCUT2D eigenvalue weighted by molar-refractivity contribution is -0.383. The fourth-order valence-electron chi connectivity index (χ4n) is 2.40. The van der Waals surface area contributed by atoms with Crippen LogP contribution in [0.2, 0.25) is 0 Å². The van der Waals surface area contributed by atoms with Gasteiger partial charge < -0.3 is 9.73 Å². The molecule has 3 N–H and O–H groups in total. The molecule has 10 nitrogen and oxygen atoms in total. The second-order valence-electron chi connectivity index (χ2n) is 5.68. The van der Waals surface area contributed by atoms with Crippen molar-refractivity contribution in [3.05, 3.63) is 69.9 Å². The number of amides is 1. The summed E-state index contributed by atoms with van der Waals surface area (Å²) in [6.45, 7) is 3.83. The van der Waals surface area contributed by atoms with Crippen LogP contribution in [0.15, 0.2) is 47.3 Å². The van der Waals surface area contributed by atoms with Crippen molar-refractivity contribution in [2.75, 3.05) is 10.7 Å². The van der Waals surface area contributed by atoms with Gasteiger partial charge in [-0.05, 0) is 37.6 Å². The fourth-order valence-corrected chi connectivity index (χ4v) is 2.40. The van der Waals surface area contributed by atoms with Gasteiger partial charge >= 0.3 is 11.6 Å². The average Bonchev–Trinajstić information content (AvgIpc) is 3.16. The van der Waals surface area contributed by atoms with Gasteiger partial charge in [0, 0.05) is 5.69 Å². The topological polar surface area (TPSA) is 135 Å². The van der Waals surface area contributed by atoms with Crippen LogP contribution in [-0.2, 0) is 0 Å². The van der Waals surface area contributed by atoms with Crippen molar-refractivity contribution < 1.29 is 14.1 Å². The number of anilines is 3. The predicted molar refractivity (Wildman–Crippen MR) is 97.7 cm³/mol. The highest BCUT2D eigenvalue weighted by atomic mass is 16.6. The van der Waals surface area contributed by atoms with Gasteiger partial charge in [-0.25, -0.2) is 9.97 Å².